The Morgan fingerprint density at radius 3 is 2.29 bits per heavy atom. The zero-order chi connectivity index (χ0) is 21.6. The molecular formula is C24H39N5O2. The second-order valence-corrected chi connectivity index (χ2v) is 9.24. The highest BCUT2D eigenvalue weighted by Gasteiger charge is 2.27. The number of hydrogen-bond donors (Lipinski definition) is 0. The number of hydrazine groups is 1. The molecule has 1 aromatic rings. The molecular weight excluding hydrogens is 390 g/mol. The third-order valence-electron chi connectivity index (χ3n) is 6.94. The number of likely N-dealkylation sites (tertiary alicyclic amines) is 1. The maximum absolute atomic E-state index is 12.6. The van der Waals surface area contributed by atoms with Crippen molar-refractivity contribution in [2.24, 2.45) is 0 Å². The Hall–Kier alpha value is -1.99. The van der Waals surface area contributed by atoms with Crippen LogP contribution in [0.25, 0.3) is 0 Å². The van der Waals surface area contributed by atoms with Crippen LogP contribution in [-0.2, 0) is 0 Å². The summed E-state index contributed by atoms with van der Waals surface area (Å²) in [5.74, 6) is 0.947. The number of rotatable bonds is 7. The Labute approximate surface area is 187 Å². The molecule has 0 N–H and O–H groups in total. The molecule has 172 valence electrons. The first-order valence-corrected chi connectivity index (χ1v) is 12.1. The molecule has 0 radical (unpaired) electrons. The molecule has 3 aliphatic heterocycles. The summed E-state index contributed by atoms with van der Waals surface area (Å²) in [6.45, 7) is 7.20. The smallest absolute Gasteiger partial charge is 0.320 e. The minimum atomic E-state index is 0.229. The molecule has 3 heterocycles. The Kier molecular flexibility index (Phi) is 7.56. The third kappa shape index (κ3) is 5.63. The number of nitrogens with zero attached hydrogens (tertiary/aromatic N) is 5. The van der Waals surface area contributed by atoms with Gasteiger partial charge in [0.1, 0.15) is 5.75 Å². The normalized spacial score (nSPS) is 22.5. The van der Waals surface area contributed by atoms with Crippen molar-refractivity contribution in [1.82, 2.24) is 19.8 Å². The van der Waals surface area contributed by atoms with Crippen LogP contribution in [0.4, 0.5) is 10.5 Å². The van der Waals surface area contributed by atoms with E-state index in [0.29, 0.717) is 6.04 Å². The summed E-state index contributed by atoms with van der Waals surface area (Å²) >= 11 is 0. The Morgan fingerprint density at radius 1 is 0.935 bits per heavy atom. The van der Waals surface area contributed by atoms with Crippen molar-refractivity contribution in [1.29, 1.82) is 0 Å². The summed E-state index contributed by atoms with van der Waals surface area (Å²) < 4.78 is 6.00. The Bertz CT molecular complexity index is 696. The topological polar surface area (TPSA) is 42.5 Å². The van der Waals surface area contributed by atoms with Crippen LogP contribution in [-0.4, -0.2) is 98.4 Å². The predicted octanol–water partition coefficient (Wildman–Crippen LogP) is 3.12. The molecule has 1 aromatic carbocycles. The van der Waals surface area contributed by atoms with Crippen molar-refractivity contribution in [3.8, 4) is 5.75 Å². The lowest BCUT2D eigenvalue weighted by Crippen LogP contribution is -2.52. The number of ether oxygens (including phenoxy) is 1. The van der Waals surface area contributed by atoms with Crippen LogP contribution in [0.3, 0.4) is 0 Å². The molecule has 0 spiro atoms. The average molecular weight is 430 g/mol. The zero-order valence-electron chi connectivity index (χ0n) is 19.3. The van der Waals surface area contributed by atoms with Gasteiger partial charge < -0.3 is 19.4 Å². The minimum Gasteiger partial charge on any atom is -0.494 e. The van der Waals surface area contributed by atoms with E-state index in [1.54, 1.807) is 0 Å². The molecule has 0 aromatic heterocycles. The predicted molar refractivity (Wildman–Crippen MR) is 125 cm³/mol. The van der Waals surface area contributed by atoms with E-state index in [2.05, 4.69) is 53.3 Å². The average Bonchev–Trinajstić information content (AvgIpc) is 3.49. The van der Waals surface area contributed by atoms with Gasteiger partial charge in [-0.1, -0.05) is 0 Å². The molecule has 1 atom stereocenters. The van der Waals surface area contributed by atoms with Gasteiger partial charge in [0, 0.05) is 71.6 Å². The van der Waals surface area contributed by atoms with Crippen LogP contribution in [0, 0.1) is 0 Å². The van der Waals surface area contributed by atoms with Crippen molar-refractivity contribution in [2.45, 2.75) is 44.6 Å². The molecule has 0 bridgehead atoms. The molecule has 3 aliphatic rings. The van der Waals surface area contributed by atoms with Crippen LogP contribution in [0.2, 0.25) is 0 Å². The number of amides is 2. The lowest BCUT2D eigenvalue weighted by atomic mass is 10.1. The van der Waals surface area contributed by atoms with Gasteiger partial charge in [0.2, 0.25) is 0 Å². The molecule has 7 heteroatoms. The van der Waals surface area contributed by atoms with Gasteiger partial charge in [0.25, 0.3) is 0 Å². The van der Waals surface area contributed by atoms with Gasteiger partial charge in [-0.15, -0.1) is 0 Å². The van der Waals surface area contributed by atoms with Crippen LogP contribution in [0.1, 0.15) is 38.5 Å². The monoisotopic (exact) mass is 429 g/mol. The quantitative estimate of drug-likeness (QED) is 0.623. The van der Waals surface area contributed by atoms with Crippen molar-refractivity contribution in [3.05, 3.63) is 24.3 Å². The molecule has 2 amide bonds. The zero-order valence-corrected chi connectivity index (χ0v) is 19.3. The highest BCUT2D eigenvalue weighted by atomic mass is 16.5. The lowest BCUT2D eigenvalue weighted by Gasteiger charge is -2.37. The van der Waals surface area contributed by atoms with E-state index in [0.717, 1.165) is 70.9 Å². The largest absolute Gasteiger partial charge is 0.494 e. The number of urea groups is 1. The van der Waals surface area contributed by atoms with E-state index < -0.39 is 0 Å². The molecule has 4 rings (SSSR count). The molecule has 7 nitrogen and oxygen atoms in total. The number of benzene rings is 1. The van der Waals surface area contributed by atoms with Gasteiger partial charge in [-0.3, -0.25) is 0 Å². The van der Waals surface area contributed by atoms with E-state index in [-0.39, 0.29) is 6.03 Å². The summed E-state index contributed by atoms with van der Waals surface area (Å²) in [6, 6.07) is 9.36. The number of carbonyl (C=O) groups is 1. The van der Waals surface area contributed by atoms with E-state index in [9.17, 15) is 4.79 Å². The lowest BCUT2D eigenvalue weighted by molar-refractivity contribution is 0.00734. The Balaban J connectivity index is 1.17. The third-order valence-corrected chi connectivity index (χ3v) is 6.94. The number of anilines is 1. The highest BCUT2D eigenvalue weighted by Crippen LogP contribution is 2.24. The fourth-order valence-corrected chi connectivity index (χ4v) is 5.17. The van der Waals surface area contributed by atoms with Crippen LogP contribution in [0.5, 0.6) is 5.75 Å². The summed E-state index contributed by atoms with van der Waals surface area (Å²) in [5.41, 5.74) is 1.22. The van der Waals surface area contributed by atoms with Crippen LogP contribution in [0.15, 0.2) is 24.3 Å². The molecule has 0 saturated carbocycles. The second-order valence-electron chi connectivity index (χ2n) is 9.24. The van der Waals surface area contributed by atoms with Gasteiger partial charge in [-0.05, 0) is 62.8 Å². The maximum Gasteiger partial charge on any atom is 0.320 e. The van der Waals surface area contributed by atoms with Crippen LogP contribution >= 0.6 is 0 Å². The first-order chi connectivity index (χ1) is 15.1. The van der Waals surface area contributed by atoms with Gasteiger partial charge in [0.15, 0.2) is 0 Å². The number of carbonyl (C=O) groups excluding carboxylic acids is 1. The van der Waals surface area contributed by atoms with E-state index >= 15 is 0 Å². The van der Waals surface area contributed by atoms with E-state index in [1.165, 1.54) is 31.5 Å². The maximum atomic E-state index is 12.6. The van der Waals surface area contributed by atoms with Crippen molar-refractivity contribution in [2.75, 3.05) is 71.4 Å². The number of piperazine rings is 1. The van der Waals surface area contributed by atoms with Crippen molar-refractivity contribution >= 4 is 11.7 Å². The molecule has 3 fully saturated rings. The van der Waals surface area contributed by atoms with Crippen molar-refractivity contribution in [3.63, 3.8) is 0 Å². The SMILES string of the molecule is CN(C)N1CCC[C@H]1CCCOc1ccc(N2CCN(C(=O)N3CCCC3)CC2)cc1. The summed E-state index contributed by atoms with van der Waals surface area (Å²) in [4.78, 5) is 19.0. The first-order valence-electron chi connectivity index (χ1n) is 12.1. The van der Waals surface area contributed by atoms with E-state index in [4.69, 9.17) is 4.74 Å². The summed E-state index contributed by atoms with van der Waals surface area (Å²) in [5, 5.41) is 4.71. The first kappa shape index (κ1) is 22.2. The second kappa shape index (κ2) is 10.6. The minimum absolute atomic E-state index is 0.229. The number of hydrogen-bond acceptors (Lipinski definition) is 5. The standard InChI is InChI=1S/C24H39N5O2/c1-25(2)29-15-5-7-22(29)8-6-20-31-23-11-9-21(10-12-23)26-16-18-28(19-17-26)24(30)27-13-3-4-14-27/h9-12,22H,3-8,13-20H2,1-2H3/t22-/m0/s1. The highest BCUT2D eigenvalue weighted by molar-refractivity contribution is 5.75. The van der Waals surface area contributed by atoms with Gasteiger partial charge >= 0.3 is 6.03 Å². The van der Waals surface area contributed by atoms with Gasteiger partial charge in [-0.25, -0.2) is 14.8 Å². The summed E-state index contributed by atoms with van der Waals surface area (Å²) in [6.07, 6.45) is 7.17. The van der Waals surface area contributed by atoms with Gasteiger partial charge in [0.05, 0.1) is 6.61 Å². The van der Waals surface area contributed by atoms with Gasteiger partial charge in [-0.2, -0.15) is 0 Å². The summed E-state index contributed by atoms with van der Waals surface area (Å²) in [7, 11) is 4.28. The molecule has 31 heavy (non-hydrogen) atoms. The van der Waals surface area contributed by atoms with E-state index in [1.807, 2.05) is 9.80 Å². The molecule has 0 aliphatic carbocycles. The fraction of sp³-hybridized carbons (Fsp3) is 0.708. The Morgan fingerprint density at radius 2 is 1.61 bits per heavy atom. The molecule has 3 saturated heterocycles. The molecule has 0 unspecified atom stereocenters. The van der Waals surface area contributed by atoms with Crippen LogP contribution < -0.4 is 9.64 Å². The fourth-order valence-electron chi connectivity index (χ4n) is 5.17. The van der Waals surface area contributed by atoms with Crippen molar-refractivity contribution < 1.29 is 9.53 Å².